The lowest BCUT2D eigenvalue weighted by atomic mass is 9.89. The van der Waals surface area contributed by atoms with E-state index in [1.165, 1.54) is 30.3 Å². The van der Waals surface area contributed by atoms with E-state index < -0.39 is 46.0 Å². The molecule has 0 radical (unpaired) electrons. The van der Waals surface area contributed by atoms with Gasteiger partial charge in [0.15, 0.2) is 34.8 Å². The summed E-state index contributed by atoms with van der Waals surface area (Å²) in [4.78, 5) is 0. The summed E-state index contributed by atoms with van der Waals surface area (Å²) < 4.78 is 103. The molecular formula is C29H28F6O3. The van der Waals surface area contributed by atoms with Crippen molar-refractivity contribution in [2.24, 2.45) is 0 Å². The first-order chi connectivity index (χ1) is 18.3. The zero-order chi connectivity index (χ0) is 27.4. The Kier molecular flexibility index (Phi) is 8.87. The molecule has 4 rings (SSSR count). The molecule has 0 bridgehead atoms. The van der Waals surface area contributed by atoms with E-state index in [1.54, 1.807) is 13.8 Å². The van der Waals surface area contributed by atoms with Crippen LogP contribution in [0.3, 0.4) is 0 Å². The van der Waals surface area contributed by atoms with Gasteiger partial charge in [-0.15, -0.1) is 0 Å². The molecule has 204 valence electrons. The molecule has 9 heteroatoms. The molecule has 38 heavy (non-hydrogen) atoms. The molecule has 1 aliphatic rings. The van der Waals surface area contributed by atoms with Crippen molar-refractivity contribution in [3.05, 3.63) is 82.4 Å². The summed E-state index contributed by atoms with van der Waals surface area (Å²) in [7, 11) is 0. The number of hydrogen-bond donors (Lipinski definition) is 0. The number of halogens is 6. The van der Waals surface area contributed by atoms with Crippen molar-refractivity contribution in [3.63, 3.8) is 0 Å². The predicted octanol–water partition coefficient (Wildman–Crippen LogP) is 7.88. The second-order valence-corrected chi connectivity index (χ2v) is 9.05. The van der Waals surface area contributed by atoms with Crippen LogP contribution in [0.2, 0.25) is 0 Å². The third kappa shape index (κ3) is 5.62. The van der Waals surface area contributed by atoms with E-state index >= 15 is 0 Å². The Bertz CT molecular complexity index is 1290. The SMILES string of the molecule is CCOc1ccc(-c2ccc(CCC3CCC(c4ccc(OCC)c(F)c4F)CO3)c(F)c2F)c(F)c1F. The molecule has 3 aromatic rings. The molecule has 0 aromatic heterocycles. The van der Waals surface area contributed by atoms with Crippen LogP contribution >= 0.6 is 0 Å². The maximum Gasteiger partial charge on any atom is 0.201 e. The van der Waals surface area contributed by atoms with Crippen molar-refractivity contribution in [2.45, 2.75) is 51.6 Å². The van der Waals surface area contributed by atoms with Crippen molar-refractivity contribution >= 4 is 0 Å². The van der Waals surface area contributed by atoms with Crippen molar-refractivity contribution in [1.29, 1.82) is 0 Å². The van der Waals surface area contributed by atoms with Gasteiger partial charge in [0.2, 0.25) is 11.6 Å². The molecule has 2 unspecified atom stereocenters. The largest absolute Gasteiger partial charge is 0.491 e. The second-order valence-electron chi connectivity index (χ2n) is 9.05. The number of aryl methyl sites for hydroxylation is 1. The fourth-order valence-electron chi connectivity index (χ4n) is 4.72. The topological polar surface area (TPSA) is 27.7 Å². The van der Waals surface area contributed by atoms with Crippen LogP contribution in [0.15, 0.2) is 36.4 Å². The standard InChI is InChI=1S/C29H28F6O3/c1-3-36-22-13-11-19(25(31)28(22)34)17-6-9-18(38-15-17)8-5-16-7-10-20(26(32)24(16)30)21-12-14-23(37-4-2)29(35)27(21)33/h7,10-14,17-18H,3-6,8-9,15H2,1-2H3. The molecule has 1 aliphatic heterocycles. The summed E-state index contributed by atoms with van der Waals surface area (Å²) in [6.45, 7) is 3.79. The first-order valence-corrected chi connectivity index (χ1v) is 12.6. The Hall–Kier alpha value is -3.20. The Morgan fingerprint density at radius 1 is 0.684 bits per heavy atom. The Labute approximate surface area is 217 Å². The van der Waals surface area contributed by atoms with Crippen LogP contribution in [0.1, 0.15) is 50.2 Å². The summed E-state index contributed by atoms with van der Waals surface area (Å²) in [5.74, 6) is -7.78. The summed E-state index contributed by atoms with van der Waals surface area (Å²) in [6.07, 6.45) is 1.30. The monoisotopic (exact) mass is 538 g/mol. The average molecular weight is 539 g/mol. The second kappa shape index (κ2) is 12.1. The maximum absolute atomic E-state index is 14.9. The van der Waals surface area contributed by atoms with Gasteiger partial charge >= 0.3 is 0 Å². The van der Waals surface area contributed by atoms with E-state index in [2.05, 4.69) is 0 Å². The first kappa shape index (κ1) is 27.8. The van der Waals surface area contributed by atoms with Gasteiger partial charge in [-0.05, 0) is 68.9 Å². The molecule has 3 nitrogen and oxygen atoms in total. The van der Waals surface area contributed by atoms with Crippen LogP contribution in [0.4, 0.5) is 26.3 Å². The van der Waals surface area contributed by atoms with Gasteiger partial charge in [-0.1, -0.05) is 18.2 Å². The van der Waals surface area contributed by atoms with Gasteiger partial charge in [0.05, 0.1) is 25.9 Å². The molecule has 2 atom stereocenters. The van der Waals surface area contributed by atoms with Crippen LogP contribution in [-0.2, 0) is 11.2 Å². The quantitative estimate of drug-likeness (QED) is 0.260. The molecule has 0 saturated carbocycles. The normalized spacial score (nSPS) is 17.5. The van der Waals surface area contributed by atoms with E-state index in [0.717, 1.165) is 6.07 Å². The molecule has 0 amide bonds. The number of benzene rings is 3. The molecule has 3 aromatic carbocycles. The van der Waals surface area contributed by atoms with Crippen molar-refractivity contribution in [3.8, 4) is 22.6 Å². The number of hydrogen-bond acceptors (Lipinski definition) is 3. The summed E-state index contributed by atoms with van der Waals surface area (Å²) in [6, 6.07) is 7.77. The lowest BCUT2D eigenvalue weighted by molar-refractivity contribution is -0.00140. The number of rotatable bonds is 9. The number of ether oxygens (including phenoxy) is 3. The van der Waals surface area contributed by atoms with Gasteiger partial charge in [0.1, 0.15) is 0 Å². The van der Waals surface area contributed by atoms with Crippen molar-refractivity contribution in [1.82, 2.24) is 0 Å². The third-order valence-corrected chi connectivity index (χ3v) is 6.72. The third-order valence-electron chi connectivity index (χ3n) is 6.72. The highest BCUT2D eigenvalue weighted by Crippen LogP contribution is 2.36. The van der Waals surface area contributed by atoms with Gasteiger partial charge < -0.3 is 14.2 Å². The Morgan fingerprint density at radius 2 is 1.26 bits per heavy atom. The Balaban J connectivity index is 1.39. The van der Waals surface area contributed by atoms with Gasteiger partial charge in [-0.25, -0.2) is 17.6 Å². The summed E-state index contributed by atoms with van der Waals surface area (Å²) >= 11 is 0. The minimum absolute atomic E-state index is 0.0726. The lowest BCUT2D eigenvalue weighted by Gasteiger charge is -2.30. The molecular weight excluding hydrogens is 510 g/mol. The molecule has 0 N–H and O–H groups in total. The van der Waals surface area contributed by atoms with E-state index in [0.29, 0.717) is 19.3 Å². The van der Waals surface area contributed by atoms with E-state index in [4.69, 9.17) is 14.2 Å². The van der Waals surface area contributed by atoms with Crippen molar-refractivity contribution < 1.29 is 40.6 Å². The highest BCUT2D eigenvalue weighted by atomic mass is 19.2. The van der Waals surface area contributed by atoms with Crippen LogP contribution in [0.25, 0.3) is 11.1 Å². The molecule has 0 aliphatic carbocycles. The predicted molar refractivity (Wildman–Crippen MR) is 130 cm³/mol. The lowest BCUT2D eigenvalue weighted by Crippen LogP contribution is -2.26. The van der Waals surface area contributed by atoms with Crippen LogP contribution in [0, 0.1) is 34.9 Å². The Morgan fingerprint density at radius 3 is 1.87 bits per heavy atom. The fourth-order valence-corrected chi connectivity index (χ4v) is 4.72. The van der Waals surface area contributed by atoms with Gasteiger partial charge in [-0.2, -0.15) is 8.78 Å². The van der Waals surface area contributed by atoms with Gasteiger partial charge in [0.25, 0.3) is 0 Å². The van der Waals surface area contributed by atoms with Crippen LogP contribution in [-0.4, -0.2) is 25.9 Å². The van der Waals surface area contributed by atoms with Crippen LogP contribution in [0.5, 0.6) is 11.5 Å². The zero-order valence-corrected chi connectivity index (χ0v) is 21.1. The van der Waals surface area contributed by atoms with Crippen molar-refractivity contribution in [2.75, 3.05) is 19.8 Å². The van der Waals surface area contributed by atoms with Crippen LogP contribution < -0.4 is 9.47 Å². The van der Waals surface area contributed by atoms with E-state index in [-0.39, 0.29) is 60.9 Å². The highest BCUT2D eigenvalue weighted by Gasteiger charge is 2.28. The minimum Gasteiger partial charge on any atom is -0.491 e. The molecule has 1 saturated heterocycles. The zero-order valence-electron chi connectivity index (χ0n) is 21.1. The average Bonchev–Trinajstić information content (AvgIpc) is 2.92. The van der Waals surface area contributed by atoms with E-state index in [9.17, 15) is 26.3 Å². The van der Waals surface area contributed by atoms with Gasteiger partial charge in [-0.3, -0.25) is 0 Å². The molecule has 1 fully saturated rings. The highest BCUT2D eigenvalue weighted by molar-refractivity contribution is 5.66. The van der Waals surface area contributed by atoms with Gasteiger partial charge in [0, 0.05) is 17.0 Å². The smallest absolute Gasteiger partial charge is 0.201 e. The fraction of sp³-hybridized carbons (Fsp3) is 0.379. The minimum atomic E-state index is -1.32. The molecule has 0 spiro atoms. The summed E-state index contributed by atoms with van der Waals surface area (Å²) in [5.41, 5.74) is -0.518. The maximum atomic E-state index is 14.9. The molecule has 1 heterocycles. The summed E-state index contributed by atoms with van der Waals surface area (Å²) in [5, 5.41) is 0. The first-order valence-electron chi connectivity index (χ1n) is 12.6. The van der Waals surface area contributed by atoms with E-state index in [1.807, 2.05) is 0 Å².